The van der Waals surface area contributed by atoms with Crippen molar-refractivity contribution in [1.82, 2.24) is 4.98 Å². The molecule has 0 spiro atoms. The van der Waals surface area contributed by atoms with Gasteiger partial charge in [-0.2, -0.15) is 0 Å². The highest BCUT2D eigenvalue weighted by molar-refractivity contribution is 9.10. The van der Waals surface area contributed by atoms with E-state index in [1.54, 1.807) is 19.1 Å². The lowest BCUT2D eigenvalue weighted by atomic mass is 10.2. The summed E-state index contributed by atoms with van der Waals surface area (Å²) in [5.74, 6) is -0.910. The largest absolute Gasteiger partial charge is 0.464 e. The topological polar surface area (TPSA) is 39.2 Å². The molecule has 0 amide bonds. The first kappa shape index (κ1) is 11.1. The molecular formula is C9H9BrFNO2. The van der Waals surface area contributed by atoms with Crippen molar-refractivity contribution < 1.29 is 13.9 Å². The summed E-state index contributed by atoms with van der Waals surface area (Å²) in [6.07, 6.45) is -0.406. The number of aromatic nitrogens is 1. The summed E-state index contributed by atoms with van der Waals surface area (Å²) in [6.45, 7) is 1.78. The molecule has 5 heteroatoms. The first-order valence-electron chi connectivity index (χ1n) is 4.08. The molecule has 0 aliphatic carbocycles. The number of alkyl halides is 1. The molecule has 1 heterocycles. The average molecular weight is 262 g/mol. The molecule has 0 N–H and O–H groups in total. The van der Waals surface area contributed by atoms with Gasteiger partial charge in [0.25, 0.3) is 0 Å². The van der Waals surface area contributed by atoms with Gasteiger partial charge in [-0.3, -0.25) is 4.98 Å². The highest BCUT2D eigenvalue weighted by Gasteiger charge is 2.24. The van der Waals surface area contributed by atoms with Gasteiger partial charge in [-0.25, -0.2) is 9.18 Å². The zero-order valence-corrected chi connectivity index (χ0v) is 9.12. The van der Waals surface area contributed by atoms with E-state index in [4.69, 9.17) is 0 Å². The normalized spacial score (nSPS) is 12.2. The summed E-state index contributed by atoms with van der Waals surface area (Å²) in [5, 5.41) is 0. The Morgan fingerprint density at radius 3 is 3.07 bits per heavy atom. The van der Waals surface area contributed by atoms with Crippen molar-refractivity contribution in [3.8, 4) is 0 Å². The molecular weight excluding hydrogens is 253 g/mol. The van der Waals surface area contributed by atoms with Crippen LogP contribution in [-0.2, 0) is 9.53 Å². The Labute approximate surface area is 89.4 Å². The van der Waals surface area contributed by atoms with Crippen molar-refractivity contribution in [3.05, 3.63) is 28.5 Å². The smallest absolute Gasteiger partial charge is 0.347 e. The molecule has 0 aliphatic heterocycles. The van der Waals surface area contributed by atoms with E-state index in [1.807, 2.05) is 0 Å². The van der Waals surface area contributed by atoms with Crippen LogP contribution < -0.4 is 0 Å². The number of carbonyl (C=O) groups is 1. The molecule has 1 aromatic heterocycles. The summed E-state index contributed by atoms with van der Waals surface area (Å²) in [5.41, 5.74) is 0.0472. The summed E-state index contributed by atoms with van der Waals surface area (Å²) in [7, 11) is 0. The van der Waals surface area contributed by atoms with Gasteiger partial charge in [-0.05, 0) is 35.0 Å². The van der Waals surface area contributed by atoms with E-state index in [0.717, 1.165) is 0 Å². The predicted molar refractivity (Wildman–Crippen MR) is 52.4 cm³/mol. The number of halogens is 2. The number of esters is 1. The standard InChI is InChI=1S/C9H9BrFNO2/c1-2-14-9(13)7(11)8-6(10)4-3-5-12-8/h3-5,7H,2H2,1H3. The van der Waals surface area contributed by atoms with E-state index in [2.05, 4.69) is 25.7 Å². The second kappa shape index (κ2) is 5.05. The van der Waals surface area contributed by atoms with Crippen molar-refractivity contribution in [2.75, 3.05) is 6.61 Å². The number of pyridine rings is 1. The third-order valence-corrected chi connectivity index (χ3v) is 2.19. The number of hydrogen-bond acceptors (Lipinski definition) is 3. The van der Waals surface area contributed by atoms with Gasteiger partial charge in [0.1, 0.15) is 5.69 Å². The monoisotopic (exact) mass is 261 g/mol. The van der Waals surface area contributed by atoms with Gasteiger partial charge in [0.2, 0.25) is 6.17 Å². The van der Waals surface area contributed by atoms with E-state index in [-0.39, 0.29) is 12.3 Å². The first-order chi connectivity index (χ1) is 6.66. The van der Waals surface area contributed by atoms with Crippen LogP contribution in [0.4, 0.5) is 4.39 Å². The zero-order chi connectivity index (χ0) is 10.6. The highest BCUT2D eigenvalue weighted by Crippen LogP contribution is 2.24. The molecule has 0 saturated heterocycles. The molecule has 1 rings (SSSR count). The molecule has 1 aromatic rings. The van der Waals surface area contributed by atoms with E-state index in [1.165, 1.54) is 6.20 Å². The van der Waals surface area contributed by atoms with Crippen LogP contribution in [-0.4, -0.2) is 17.6 Å². The van der Waals surface area contributed by atoms with E-state index < -0.39 is 12.1 Å². The SMILES string of the molecule is CCOC(=O)C(F)c1ncccc1Br. The van der Waals surface area contributed by atoms with Crippen molar-refractivity contribution in [3.63, 3.8) is 0 Å². The molecule has 1 atom stereocenters. The van der Waals surface area contributed by atoms with Crippen LogP contribution in [0.5, 0.6) is 0 Å². The van der Waals surface area contributed by atoms with E-state index in [9.17, 15) is 9.18 Å². The second-order valence-electron chi connectivity index (χ2n) is 2.49. The molecule has 0 aliphatic rings. The Balaban J connectivity index is 2.84. The molecule has 1 unspecified atom stereocenters. The van der Waals surface area contributed by atoms with Gasteiger partial charge in [-0.1, -0.05) is 0 Å². The number of nitrogens with zero attached hydrogens (tertiary/aromatic N) is 1. The lowest BCUT2D eigenvalue weighted by Crippen LogP contribution is -2.13. The van der Waals surface area contributed by atoms with Gasteiger partial charge >= 0.3 is 5.97 Å². The Morgan fingerprint density at radius 2 is 2.50 bits per heavy atom. The highest BCUT2D eigenvalue weighted by atomic mass is 79.9. The average Bonchev–Trinajstić information content (AvgIpc) is 2.18. The van der Waals surface area contributed by atoms with Gasteiger partial charge in [0.05, 0.1) is 6.61 Å². The summed E-state index contributed by atoms with van der Waals surface area (Å²) < 4.78 is 18.4. The Bertz CT molecular complexity index is 332. The van der Waals surface area contributed by atoms with Crippen LogP contribution in [0.25, 0.3) is 0 Å². The zero-order valence-electron chi connectivity index (χ0n) is 7.54. The minimum atomic E-state index is -1.83. The third-order valence-electron chi connectivity index (χ3n) is 1.52. The maximum Gasteiger partial charge on any atom is 0.347 e. The van der Waals surface area contributed by atoms with Gasteiger partial charge in [-0.15, -0.1) is 0 Å². The predicted octanol–water partition coefficient (Wildman–Crippen LogP) is 2.42. The van der Waals surface area contributed by atoms with Crippen LogP contribution in [0.2, 0.25) is 0 Å². The van der Waals surface area contributed by atoms with Crippen LogP contribution in [0.1, 0.15) is 18.8 Å². The molecule has 0 radical (unpaired) electrons. The molecule has 14 heavy (non-hydrogen) atoms. The number of ether oxygens (including phenoxy) is 1. The van der Waals surface area contributed by atoms with Crippen molar-refractivity contribution >= 4 is 21.9 Å². The Morgan fingerprint density at radius 1 is 1.79 bits per heavy atom. The lowest BCUT2D eigenvalue weighted by Gasteiger charge is -2.07. The summed E-state index contributed by atoms with van der Waals surface area (Å²) in [6, 6.07) is 3.26. The van der Waals surface area contributed by atoms with Crippen LogP contribution >= 0.6 is 15.9 Å². The molecule has 0 bridgehead atoms. The summed E-state index contributed by atoms with van der Waals surface area (Å²) >= 11 is 3.11. The lowest BCUT2D eigenvalue weighted by molar-refractivity contribution is -0.149. The Hall–Kier alpha value is -0.970. The molecule has 3 nitrogen and oxygen atoms in total. The van der Waals surface area contributed by atoms with Gasteiger partial charge in [0.15, 0.2) is 0 Å². The Kier molecular flexibility index (Phi) is 4.00. The first-order valence-corrected chi connectivity index (χ1v) is 4.87. The maximum absolute atomic E-state index is 13.4. The third kappa shape index (κ3) is 2.51. The van der Waals surface area contributed by atoms with E-state index >= 15 is 0 Å². The van der Waals surface area contributed by atoms with Crippen molar-refractivity contribution in [2.24, 2.45) is 0 Å². The minimum absolute atomic E-state index is 0.0472. The minimum Gasteiger partial charge on any atom is -0.464 e. The van der Waals surface area contributed by atoms with Gasteiger partial charge < -0.3 is 4.74 Å². The number of rotatable bonds is 3. The molecule has 0 saturated carbocycles. The summed E-state index contributed by atoms with van der Waals surface area (Å²) in [4.78, 5) is 14.8. The van der Waals surface area contributed by atoms with Crippen LogP contribution in [0.15, 0.2) is 22.8 Å². The van der Waals surface area contributed by atoms with Gasteiger partial charge in [0, 0.05) is 10.7 Å². The fourth-order valence-corrected chi connectivity index (χ4v) is 1.37. The maximum atomic E-state index is 13.4. The second-order valence-corrected chi connectivity index (χ2v) is 3.34. The molecule has 0 fully saturated rings. The van der Waals surface area contributed by atoms with Crippen molar-refractivity contribution in [1.29, 1.82) is 0 Å². The fraction of sp³-hybridized carbons (Fsp3) is 0.333. The van der Waals surface area contributed by atoms with Crippen LogP contribution in [0, 0.1) is 0 Å². The fourth-order valence-electron chi connectivity index (χ4n) is 0.911. The van der Waals surface area contributed by atoms with Crippen LogP contribution in [0.3, 0.4) is 0 Å². The van der Waals surface area contributed by atoms with E-state index in [0.29, 0.717) is 4.47 Å². The molecule has 0 aromatic carbocycles. The van der Waals surface area contributed by atoms with Crippen molar-refractivity contribution in [2.45, 2.75) is 13.1 Å². The quantitative estimate of drug-likeness (QED) is 0.785. The number of hydrogen-bond donors (Lipinski definition) is 0. The number of carbonyl (C=O) groups excluding carboxylic acids is 1. The molecule has 76 valence electrons.